The van der Waals surface area contributed by atoms with Crippen molar-refractivity contribution >= 4 is 30.5 Å². The van der Waals surface area contributed by atoms with E-state index >= 15 is 0 Å². The monoisotopic (exact) mass is 409 g/mol. The van der Waals surface area contributed by atoms with Crippen molar-refractivity contribution in [3.63, 3.8) is 0 Å². The minimum atomic E-state index is -1.22. The highest BCUT2D eigenvalue weighted by Gasteiger charge is 2.21. The summed E-state index contributed by atoms with van der Waals surface area (Å²) in [6.45, 7) is 5.94. The predicted octanol–water partition coefficient (Wildman–Crippen LogP) is 4.12. The number of carboxylic acids is 1. The smallest absolute Gasteiger partial charge is 0.336 e. The number of hydrogen-bond acceptors (Lipinski definition) is 3. The second kappa shape index (κ2) is 9.26. The Kier molecular flexibility index (Phi) is 6.51. The molecule has 5 nitrogen and oxygen atoms in total. The highest BCUT2D eigenvalue weighted by molar-refractivity contribution is 6.23. The Morgan fingerprint density at radius 3 is 2.39 bits per heavy atom. The summed E-state index contributed by atoms with van der Waals surface area (Å²) in [5.41, 5.74) is 1.39. The number of nitrogens with zero attached hydrogens (tertiary/aromatic N) is 1. The summed E-state index contributed by atoms with van der Waals surface area (Å²) in [6, 6.07) is 12.9. The number of para-hydroxylation sites is 1. The fourth-order valence-corrected chi connectivity index (χ4v) is 3.31. The first kappa shape index (κ1) is 21.8. The molecule has 2 radical (unpaired) electrons. The molecule has 0 saturated carbocycles. The number of allylic oxidation sites excluding steroid dienone is 5. The van der Waals surface area contributed by atoms with Gasteiger partial charge in [-0.15, -0.1) is 12.1 Å². The van der Waals surface area contributed by atoms with Gasteiger partial charge in [0.1, 0.15) is 7.85 Å². The van der Waals surface area contributed by atoms with E-state index in [0.29, 0.717) is 22.9 Å². The Hall–Kier alpha value is -3.93. The first-order valence-corrected chi connectivity index (χ1v) is 9.57. The largest absolute Gasteiger partial charge is 0.478 e. The van der Waals surface area contributed by atoms with Gasteiger partial charge in [-0.3, -0.25) is 9.59 Å². The molecule has 0 fully saturated rings. The maximum absolute atomic E-state index is 13.2. The summed E-state index contributed by atoms with van der Waals surface area (Å²) in [5.74, 6) is -1.85. The van der Waals surface area contributed by atoms with Crippen molar-refractivity contribution in [3.05, 3.63) is 117 Å². The molecule has 0 aliphatic heterocycles. The zero-order valence-corrected chi connectivity index (χ0v) is 17.0. The molecule has 2 aromatic carbocycles. The normalized spacial score (nSPS) is 11.7. The van der Waals surface area contributed by atoms with E-state index in [1.54, 1.807) is 36.4 Å². The van der Waals surface area contributed by atoms with Crippen molar-refractivity contribution in [3.8, 4) is 0 Å². The number of pyridine rings is 1. The molecule has 6 heteroatoms. The number of fused-ring (bicyclic) bond motifs is 1. The van der Waals surface area contributed by atoms with Crippen molar-refractivity contribution in [1.29, 1.82) is 0 Å². The van der Waals surface area contributed by atoms with Crippen LogP contribution in [0, 0.1) is 0 Å². The molecule has 152 valence electrons. The summed E-state index contributed by atoms with van der Waals surface area (Å²) in [7, 11) is 5.53. The first-order valence-electron chi connectivity index (χ1n) is 9.57. The summed E-state index contributed by atoms with van der Waals surface area (Å²) < 4.78 is 1.81. The van der Waals surface area contributed by atoms with Gasteiger partial charge in [0.25, 0.3) is 0 Å². The summed E-state index contributed by atoms with van der Waals surface area (Å²) in [6.07, 6.45) is 6.81. The quantitative estimate of drug-likeness (QED) is 0.362. The minimum absolute atomic E-state index is 0.0226. The molecule has 0 atom stereocenters. The third-order valence-electron chi connectivity index (χ3n) is 4.75. The van der Waals surface area contributed by atoms with E-state index in [9.17, 15) is 19.5 Å². The second-order valence-electron chi connectivity index (χ2n) is 7.14. The molecule has 0 amide bonds. The van der Waals surface area contributed by atoms with Gasteiger partial charge in [0, 0.05) is 23.7 Å². The number of carboxylic acid groups (broad SMARTS) is 1. The van der Waals surface area contributed by atoms with Gasteiger partial charge in [-0.1, -0.05) is 54.1 Å². The SMILES string of the molecule is [B]C(=C)/C=C\C=C(/C)Cn1cc(C(=O)c2ccccc2C(=O)O)c(=O)c2ccccc21. The molecule has 31 heavy (non-hydrogen) atoms. The van der Waals surface area contributed by atoms with E-state index in [0.717, 1.165) is 5.57 Å². The lowest BCUT2D eigenvalue weighted by atomic mass is 9.97. The van der Waals surface area contributed by atoms with E-state index in [-0.39, 0.29) is 16.7 Å². The van der Waals surface area contributed by atoms with Crippen LogP contribution in [0.5, 0.6) is 0 Å². The van der Waals surface area contributed by atoms with Gasteiger partial charge >= 0.3 is 5.97 Å². The maximum Gasteiger partial charge on any atom is 0.336 e. The molecule has 3 rings (SSSR count). The molecule has 0 aliphatic rings. The third-order valence-corrected chi connectivity index (χ3v) is 4.75. The van der Waals surface area contributed by atoms with Crippen LogP contribution in [-0.2, 0) is 6.54 Å². The lowest BCUT2D eigenvalue weighted by molar-refractivity contribution is 0.0692. The predicted molar refractivity (Wildman–Crippen MR) is 123 cm³/mol. The lowest BCUT2D eigenvalue weighted by Gasteiger charge is -2.14. The van der Waals surface area contributed by atoms with E-state index in [2.05, 4.69) is 6.58 Å². The van der Waals surface area contributed by atoms with E-state index < -0.39 is 17.2 Å². The zero-order chi connectivity index (χ0) is 22.5. The number of benzene rings is 2. The Morgan fingerprint density at radius 2 is 1.71 bits per heavy atom. The van der Waals surface area contributed by atoms with Crippen LogP contribution in [0.15, 0.2) is 95.4 Å². The summed E-state index contributed by atoms with van der Waals surface area (Å²) >= 11 is 0. The number of aromatic nitrogens is 1. The molecular formula is C25H20BNO4. The number of aromatic carboxylic acids is 1. The van der Waals surface area contributed by atoms with E-state index in [1.165, 1.54) is 24.4 Å². The van der Waals surface area contributed by atoms with Crippen LogP contribution >= 0.6 is 0 Å². The fraction of sp³-hybridized carbons (Fsp3) is 0.0800. The Bertz CT molecular complexity index is 1310. The molecular weight excluding hydrogens is 389 g/mol. The Balaban J connectivity index is 2.15. The average Bonchev–Trinajstić information content (AvgIpc) is 2.75. The molecule has 1 aromatic heterocycles. The zero-order valence-electron chi connectivity index (χ0n) is 17.0. The van der Waals surface area contributed by atoms with Gasteiger partial charge in [-0.2, -0.15) is 0 Å². The third kappa shape index (κ3) is 4.81. The minimum Gasteiger partial charge on any atom is -0.478 e. The van der Waals surface area contributed by atoms with Gasteiger partial charge in [-0.25, -0.2) is 4.79 Å². The van der Waals surface area contributed by atoms with Crippen LogP contribution in [-0.4, -0.2) is 29.3 Å². The molecule has 3 aromatic rings. The lowest BCUT2D eigenvalue weighted by Crippen LogP contribution is -2.21. The van der Waals surface area contributed by atoms with Gasteiger partial charge < -0.3 is 9.67 Å². The van der Waals surface area contributed by atoms with Gasteiger partial charge in [0.05, 0.1) is 16.6 Å². The van der Waals surface area contributed by atoms with Crippen LogP contribution in [0.25, 0.3) is 10.9 Å². The van der Waals surface area contributed by atoms with Crippen LogP contribution in [0.2, 0.25) is 0 Å². The first-order chi connectivity index (χ1) is 14.8. The van der Waals surface area contributed by atoms with Crippen LogP contribution in [0.1, 0.15) is 33.2 Å². The van der Waals surface area contributed by atoms with Gasteiger partial charge in [-0.05, 0) is 25.1 Å². The number of hydrogen-bond donors (Lipinski definition) is 1. The molecule has 0 aliphatic carbocycles. The second-order valence-corrected chi connectivity index (χ2v) is 7.14. The van der Waals surface area contributed by atoms with Crippen molar-refractivity contribution < 1.29 is 14.7 Å². The van der Waals surface area contributed by atoms with Gasteiger partial charge in [0.2, 0.25) is 5.43 Å². The standard InChI is InChI=1S/C25H20BNO4/c1-16(8-7-9-17(2)26)14-27-15-21(24(29)20-12-5-6-13-22(20)27)23(28)18-10-3-4-11-19(18)25(30)31/h3-13,15H,2,14H2,1H3,(H,30,31)/b9-7-,16-8+. The molecule has 1 heterocycles. The number of rotatable bonds is 7. The number of carbonyl (C=O) groups excluding carboxylic acids is 1. The summed E-state index contributed by atoms with van der Waals surface area (Å²) in [5, 5.41) is 9.82. The van der Waals surface area contributed by atoms with Crippen molar-refractivity contribution in [2.75, 3.05) is 0 Å². The highest BCUT2D eigenvalue weighted by atomic mass is 16.4. The van der Waals surface area contributed by atoms with Crippen LogP contribution in [0.4, 0.5) is 0 Å². The average molecular weight is 409 g/mol. The molecule has 0 spiro atoms. The Labute approximate surface area is 181 Å². The molecule has 0 unspecified atom stereocenters. The van der Waals surface area contributed by atoms with Crippen molar-refractivity contribution in [1.82, 2.24) is 4.57 Å². The maximum atomic E-state index is 13.2. The van der Waals surface area contributed by atoms with E-state index in [4.69, 9.17) is 7.85 Å². The van der Waals surface area contributed by atoms with Crippen molar-refractivity contribution in [2.24, 2.45) is 0 Å². The highest BCUT2D eigenvalue weighted by Crippen LogP contribution is 2.18. The fourth-order valence-electron chi connectivity index (χ4n) is 3.31. The Morgan fingerprint density at radius 1 is 1.06 bits per heavy atom. The van der Waals surface area contributed by atoms with Gasteiger partial charge in [0.15, 0.2) is 5.78 Å². The topological polar surface area (TPSA) is 76.4 Å². The molecule has 0 saturated heterocycles. The molecule has 0 bridgehead atoms. The van der Waals surface area contributed by atoms with Crippen LogP contribution < -0.4 is 5.43 Å². The summed E-state index contributed by atoms with van der Waals surface area (Å²) in [4.78, 5) is 37.8. The number of ketones is 1. The number of carbonyl (C=O) groups is 2. The van der Waals surface area contributed by atoms with Crippen LogP contribution in [0.3, 0.4) is 0 Å². The molecule has 1 N–H and O–H groups in total. The van der Waals surface area contributed by atoms with Crippen molar-refractivity contribution in [2.45, 2.75) is 13.5 Å². The van der Waals surface area contributed by atoms with E-state index in [1.807, 2.05) is 23.6 Å².